The summed E-state index contributed by atoms with van der Waals surface area (Å²) in [5.74, 6) is -2.99. The maximum absolute atomic E-state index is 9.87. The molecular weight excluding hydrogens is 128 g/mol. The van der Waals surface area contributed by atoms with Gasteiger partial charge in [0.15, 0.2) is 0 Å². The fraction of sp³-hybridized carbons (Fsp3) is 0.500. The Labute approximate surface area is 50.9 Å². The topological polar surface area (TPSA) is 83.8 Å². The highest BCUT2D eigenvalue weighted by atomic mass is 16.5. The molecule has 0 spiro atoms. The average Bonchev–Trinajstić information content (AvgIpc) is 1.64. The number of aliphatic carboxylic acids is 2. The zero-order chi connectivity index (χ0) is 7.44. The Hall–Kier alpha value is -1.10. The first-order valence-corrected chi connectivity index (χ1v) is 2.08. The van der Waals surface area contributed by atoms with Crippen molar-refractivity contribution in [3.63, 3.8) is 0 Å². The van der Waals surface area contributed by atoms with Gasteiger partial charge in [0.25, 0.3) is 6.10 Å². The lowest BCUT2D eigenvalue weighted by Crippen LogP contribution is -2.31. The van der Waals surface area contributed by atoms with Crippen LogP contribution in [0.5, 0.6) is 0 Å². The normalized spacial score (nSPS) is 9.56. The van der Waals surface area contributed by atoms with Gasteiger partial charge in [0, 0.05) is 7.11 Å². The second-order valence-corrected chi connectivity index (χ2v) is 1.29. The highest BCUT2D eigenvalue weighted by Crippen LogP contribution is 1.87. The molecule has 0 atom stereocenters. The van der Waals surface area contributed by atoms with Gasteiger partial charge in [-0.25, -0.2) is 9.59 Å². The molecule has 0 bridgehead atoms. The van der Waals surface area contributed by atoms with Gasteiger partial charge < -0.3 is 14.9 Å². The summed E-state index contributed by atoms with van der Waals surface area (Å²) in [5, 5.41) is 16.1. The fourth-order valence-electron chi connectivity index (χ4n) is 0.307. The van der Waals surface area contributed by atoms with E-state index in [0.717, 1.165) is 7.11 Å². The van der Waals surface area contributed by atoms with Crippen molar-refractivity contribution < 1.29 is 24.5 Å². The van der Waals surface area contributed by atoms with E-state index in [4.69, 9.17) is 10.2 Å². The molecule has 0 rings (SSSR count). The summed E-state index contributed by atoms with van der Waals surface area (Å²) in [4.78, 5) is 19.7. The van der Waals surface area contributed by atoms with Gasteiger partial charge in [-0.15, -0.1) is 0 Å². The Balaban J connectivity index is 3.99. The molecule has 0 saturated carbocycles. The van der Waals surface area contributed by atoms with E-state index in [2.05, 4.69) is 4.74 Å². The monoisotopic (exact) mass is 134 g/mol. The van der Waals surface area contributed by atoms with Crippen molar-refractivity contribution in [3.05, 3.63) is 0 Å². The summed E-state index contributed by atoms with van der Waals surface area (Å²) in [6, 6.07) is 0. The highest BCUT2D eigenvalue weighted by Gasteiger charge is 2.24. The molecule has 0 aromatic heterocycles. The zero-order valence-corrected chi connectivity index (χ0v) is 4.70. The van der Waals surface area contributed by atoms with Crippen LogP contribution in [0.25, 0.3) is 0 Å². The first-order valence-electron chi connectivity index (χ1n) is 2.08. The molecule has 0 heterocycles. The number of carboxylic acids is 2. The van der Waals surface area contributed by atoms with Crippen molar-refractivity contribution in [3.8, 4) is 0 Å². The van der Waals surface area contributed by atoms with Crippen LogP contribution in [0.1, 0.15) is 0 Å². The minimum absolute atomic E-state index is 1.02. The number of carbonyl (C=O) groups is 2. The van der Waals surface area contributed by atoms with Crippen LogP contribution < -0.4 is 0 Å². The highest BCUT2D eigenvalue weighted by molar-refractivity contribution is 5.95. The minimum atomic E-state index is -1.75. The lowest BCUT2D eigenvalue weighted by atomic mass is 10.4. The van der Waals surface area contributed by atoms with Gasteiger partial charge in [-0.2, -0.15) is 0 Å². The maximum Gasteiger partial charge on any atom is 0.344 e. The molecule has 5 heteroatoms. The average molecular weight is 134 g/mol. The van der Waals surface area contributed by atoms with Crippen LogP contribution in [0.3, 0.4) is 0 Å². The number of rotatable bonds is 3. The van der Waals surface area contributed by atoms with Crippen molar-refractivity contribution >= 4 is 11.9 Å². The summed E-state index contributed by atoms with van der Waals surface area (Å²) in [6.07, 6.45) is -1.75. The second-order valence-electron chi connectivity index (χ2n) is 1.29. The molecule has 0 amide bonds. The Bertz CT molecular complexity index is 115. The molecule has 5 nitrogen and oxygen atoms in total. The Morgan fingerprint density at radius 2 is 1.67 bits per heavy atom. The zero-order valence-electron chi connectivity index (χ0n) is 4.70. The minimum Gasteiger partial charge on any atom is -0.479 e. The standard InChI is InChI=1S/C4H6O5/c1-9-2(3(5)6)4(7)8/h2H,1H3,(H,5,6)(H,7,8). The predicted molar refractivity (Wildman–Crippen MR) is 26.1 cm³/mol. The van der Waals surface area contributed by atoms with E-state index in [0.29, 0.717) is 0 Å². The summed E-state index contributed by atoms with van der Waals surface area (Å²) < 4.78 is 4.07. The predicted octanol–water partition coefficient (Wildman–Crippen LogP) is -0.829. The first kappa shape index (κ1) is 7.90. The lowest BCUT2D eigenvalue weighted by Gasteiger charge is -2.01. The molecule has 0 fully saturated rings. The van der Waals surface area contributed by atoms with Crippen molar-refractivity contribution in [1.82, 2.24) is 0 Å². The number of hydrogen-bond acceptors (Lipinski definition) is 3. The Morgan fingerprint density at radius 1 is 1.33 bits per heavy atom. The molecular formula is C4H6O5. The van der Waals surface area contributed by atoms with Crippen molar-refractivity contribution in [2.45, 2.75) is 6.10 Å². The third kappa shape index (κ3) is 2.09. The van der Waals surface area contributed by atoms with Crippen molar-refractivity contribution in [2.75, 3.05) is 7.11 Å². The summed E-state index contributed by atoms with van der Waals surface area (Å²) in [5.41, 5.74) is 0. The van der Waals surface area contributed by atoms with E-state index in [-0.39, 0.29) is 0 Å². The number of ether oxygens (including phenoxy) is 1. The van der Waals surface area contributed by atoms with Gasteiger partial charge >= 0.3 is 11.9 Å². The van der Waals surface area contributed by atoms with Gasteiger partial charge in [0.05, 0.1) is 0 Å². The number of carboxylic acid groups (broad SMARTS) is 2. The van der Waals surface area contributed by atoms with Crippen LogP contribution in [0, 0.1) is 0 Å². The molecule has 2 N–H and O–H groups in total. The van der Waals surface area contributed by atoms with Crippen LogP contribution in [0.4, 0.5) is 0 Å². The van der Waals surface area contributed by atoms with Gasteiger partial charge in [-0.3, -0.25) is 0 Å². The van der Waals surface area contributed by atoms with Gasteiger partial charge in [-0.1, -0.05) is 0 Å². The Kier molecular flexibility index (Phi) is 2.66. The van der Waals surface area contributed by atoms with Crippen LogP contribution >= 0.6 is 0 Å². The van der Waals surface area contributed by atoms with E-state index in [1.165, 1.54) is 0 Å². The van der Waals surface area contributed by atoms with Crippen molar-refractivity contribution in [1.29, 1.82) is 0 Å². The number of methoxy groups -OCH3 is 1. The smallest absolute Gasteiger partial charge is 0.344 e. The lowest BCUT2D eigenvalue weighted by molar-refractivity contribution is -0.163. The van der Waals surface area contributed by atoms with Crippen LogP contribution in [-0.2, 0) is 14.3 Å². The molecule has 9 heavy (non-hydrogen) atoms. The molecule has 0 aliphatic heterocycles. The molecule has 52 valence electrons. The fourth-order valence-corrected chi connectivity index (χ4v) is 0.307. The first-order chi connectivity index (χ1) is 4.09. The number of hydrogen-bond donors (Lipinski definition) is 2. The van der Waals surface area contributed by atoms with Crippen LogP contribution in [-0.4, -0.2) is 35.4 Å². The summed E-state index contributed by atoms with van der Waals surface area (Å²) >= 11 is 0. The third-order valence-electron chi connectivity index (χ3n) is 0.684. The van der Waals surface area contributed by atoms with Crippen molar-refractivity contribution in [2.24, 2.45) is 0 Å². The van der Waals surface area contributed by atoms with E-state index in [1.54, 1.807) is 0 Å². The molecule has 0 aliphatic carbocycles. The van der Waals surface area contributed by atoms with E-state index in [1.807, 2.05) is 0 Å². The van der Waals surface area contributed by atoms with Gasteiger partial charge in [0.2, 0.25) is 0 Å². The molecule has 0 aromatic rings. The second kappa shape index (κ2) is 3.03. The van der Waals surface area contributed by atoms with Gasteiger partial charge in [0.1, 0.15) is 0 Å². The summed E-state index contributed by atoms with van der Waals surface area (Å²) in [7, 11) is 1.02. The maximum atomic E-state index is 9.87. The molecule has 0 saturated heterocycles. The van der Waals surface area contributed by atoms with Crippen LogP contribution in [0.2, 0.25) is 0 Å². The summed E-state index contributed by atoms with van der Waals surface area (Å²) in [6.45, 7) is 0. The molecule has 0 unspecified atom stereocenters. The van der Waals surface area contributed by atoms with Crippen LogP contribution in [0.15, 0.2) is 0 Å². The van der Waals surface area contributed by atoms with E-state index >= 15 is 0 Å². The largest absolute Gasteiger partial charge is 0.479 e. The van der Waals surface area contributed by atoms with E-state index < -0.39 is 18.0 Å². The third-order valence-corrected chi connectivity index (χ3v) is 0.684. The van der Waals surface area contributed by atoms with E-state index in [9.17, 15) is 9.59 Å². The Morgan fingerprint density at radius 3 is 1.67 bits per heavy atom. The molecule has 0 aliphatic rings. The van der Waals surface area contributed by atoms with Gasteiger partial charge in [-0.05, 0) is 0 Å². The molecule has 0 radical (unpaired) electrons. The quantitative estimate of drug-likeness (QED) is 0.492. The molecule has 0 aromatic carbocycles. The SMILES string of the molecule is COC(C(=O)O)C(=O)O.